The van der Waals surface area contributed by atoms with E-state index in [1.165, 1.54) is 0 Å². The van der Waals surface area contributed by atoms with Gasteiger partial charge in [-0.1, -0.05) is 0 Å². The first kappa shape index (κ1) is 18.6. The summed E-state index contributed by atoms with van der Waals surface area (Å²) in [5.41, 5.74) is 0. The van der Waals surface area contributed by atoms with Crippen molar-refractivity contribution in [2.75, 3.05) is 62.5 Å². The number of likely N-dealkylation sites (N-methyl/N-ethyl adjacent to an activating group) is 1. The largest absolute Gasteiger partial charge is 0.412 e. The molecule has 84 valence electrons. The van der Waals surface area contributed by atoms with E-state index in [0.29, 0.717) is 0 Å². The smallest absolute Gasteiger partial charge is 0.101 e. The fourth-order valence-corrected chi connectivity index (χ4v) is 0.300. The minimum absolute atomic E-state index is 0. The highest BCUT2D eigenvalue weighted by Crippen LogP contribution is 1.84. The van der Waals surface area contributed by atoms with Gasteiger partial charge in [0.25, 0.3) is 0 Å². The molecule has 0 fully saturated rings. The summed E-state index contributed by atoms with van der Waals surface area (Å²) in [5, 5.41) is 8.39. The van der Waals surface area contributed by atoms with Crippen LogP contribution in [0.4, 0.5) is 0 Å². The first-order chi connectivity index (χ1) is 5.06. The Balaban J connectivity index is -0.000000150. The third kappa shape index (κ3) is 77.7. The summed E-state index contributed by atoms with van der Waals surface area (Å²) in [6.45, 7) is 1.11. The SMILES string of the molecule is C[N+](C)(C)C.C[N+](C)(C)CCO.O. The van der Waals surface area contributed by atoms with Crippen LogP contribution in [0.1, 0.15) is 0 Å². The van der Waals surface area contributed by atoms with Crippen molar-refractivity contribution in [2.45, 2.75) is 0 Å². The van der Waals surface area contributed by atoms with Gasteiger partial charge >= 0.3 is 0 Å². The van der Waals surface area contributed by atoms with Gasteiger partial charge in [-0.05, 0) is 0 Å². The maximum absolute atomic E-state index is 8.39. The predicted molar refractivity (Wildman–Crippen MR) is 57.6 cm³/mol. The highest BCUT2D eigenvalue weighted by molar-refractivity contribution is 4.19. The summed E-state index contributed by atoms with van der Waals surface area (Å²) in [6.07, 6.45) is 0. The lowest BCUT2D eigenvalue weighted by Gasteiger charge is -2.21. The number of quaternary nitrogens is 2. The maximum Gasteiger partial charge on any atom is 0.101 e. The van der Waals surface area contributed by atoms with Crippen molar-refractivity contribution < 1.29 is 19.5 Å². The van der Waals surface area contributed by atoms with Gasteiger partial charge in [0.1, 0.15) is 6.54 Å². The first-order valence-electron chi connectivity index (χ1n) is 4.26. The zero-order valence-corrected chi connectivity index (χ0v) is 10.3. The quantitative estimate of drug-likeness (QED) is 0.577. The fourth-order valence-electron chi connectivity index (χ4n) is 0.300. The number of hydrogen-bond acceptors (Lipinski definition) is 1. The van der Waals surface area contributed by atoms with Crippen molar-refractivity contribution >= 4 is 0 Å². The van der Waals surface area contributed by atoms with Gasteiger partial charge in [0, 0.05) is 0 Å². The Morgan fingerprint density at radius 1 is 0.846 bits per heavy atom. The third-order valence-electron chi connectivity index (χ3n) is 0.771. The normalized spacial score (nSPS) is 11.1. The minimum atomic E-state index is 0. The molecule has 0 bridgehead atoms. The Morgan fingerprint density at radius 3 is 1.08 bits per heavy atom. The van der Waals surface area contributed by atoms with Crippen molar-refractivity contribution in [1.82, 2.24) is 0 Å². The summed E-state index contributed by atoms with van der Waals surface area (Å²) in [5.74, 6) is 0. The molecule has 4 heteroatoms. The Labute approximate surface area is 82.9 Å². The van der Waals surface area contributed by atoms with Crippen LogP contribution in [0.25, 0.3) is 0 Å². The van der Waals surface area contributed by atoms with Gasteiger partial charge in [-0.15, -0.1) is 0 Å². The van der Waals surface area contributed by atoms with Gasteiger partial charge in [-0.3, -0.25) is 0 Å². The number of aliphatic hydroxyl groups excluding tert-OH is 1. The van der Waals surface area contributed by atoms with Crippen molar-refractivity contribution in [1.29, 1.82) is 0 Å². The molecule has 0 amide bonds. The van der Waals surface area contributed by atoms with Crippen LogP contribution >= 0.6 is 0 Å². The molecule has 0 radical (unpaired) electrons. The van der Waals surface area contributed by atoms with Crippen molar-refractivity contribution in [3.05, 3.63) is 0 Å². The molecule has 0 aromatic carbocycles. The molecule has 0 saturated heterocycles. The van der Waals surface area contributed by atoms with Gasteiger partial charge < -0.3 is 19.5 Å². The zero-order chi connectivity index (χ0) is 10.4. The highest BCUT2D eigenvalue weighted by Gasteiger charge is 2.02. The van der Waals surface area contributed by atoms with E-state index in [1.54, 1.807) is 0 Å². The molecule has 0 aliphatic carbocycles. The summed E-state index contributed by atoms with van der Waals surface area (Å²) in [6, 6.07) is 0. The van der Waals surface area contributed by atoms with Gasteiger partial charge in [-0.25, -0.2) is 0 Å². The number of hydrogen-bond donors (Lipinski definition) is 1. The Bertz CT molecular complexity index is 97.2. The third-order valence-corrected chi connectivity index (χ3v) is 0.771. The van der Waals surface area contributed by atoms with Gasteiger partial charge in [0.15, 0.2) is 0 Å². The van der Waals surface area contributed by atoms with E-state index in [2.05, 4.69) is 49.3 Å². The van der Waals surface area contributed by atoms with E-state index < -0.39 is 0 Å². The molecule has 0 aliphatic rings. The molecule has 4 nitrogen and oxygen atoms in total. The lowest BCUT2D eigenvalue weighted by atomic mass is 10.5. The average molecular weight is 196 g/mol. The number of rotatable bonds is 2. The van der Waals surface area contributed by atoms with Crippen molar-refractivity contribution in [3.8, 4) is 0 Å². The molecule has 0 unspecified atom stereocenters. The van der Waals surface area contributed by atoms with E-state index in [-0.39, 0.29) is 12.1 Å². The molecule has 0 spiro atoms. The molecule has 3 N–H and O–H groups in total. The zero-order valence-electron chi connectivity index (χ0n) is 10.3. The maximum atomic E-state index is 8.39. The van der Waals surface area contributed by atoms with Crippen LogP contribution in [0.3, 0.4) is 0 Å². The second-order valence-corrected chi connectivity index (χ2v) is 5.42. The Hall–Kier alpha value is -0.160. The molecule has 0 rings (SSSR count). The van der Waals surface area contributed by atoms with E-state index in [9.17, 15) is 0 Å². The van der Waals surface area contributed by atoms with E-state index in [4.69, 9.17) is 5.11 Å². The molecular weight excluding hydrogens is 168 g/mol. The highest BCUT2D eigenvalue weighted by atomic mass is 16.3. The molecule has 0 atom stereocenters. The van der Waals surface area contributed by atoms with E-state index in [1.807, 2.05) is 0 Å². The lowest BCUT2D eigenvalue weighted by molar-refractivity contribution is -0.870. The molecular formula is C9H28N2O2+2. The van der Waals surface area contributed by atoms with Crippen LogP contribution in [-0.2, 0) is 0 Å². The summed E-state index contributed by atoms with van der Waals surface area (Å²) >= 11 is 0. The van der Waals surface area contributed by atoms with Gasteiger partial charge in [0.2, 0.25) is 0 Å². The number of nitrogens with zero attached hydrogens (tertiary/aromatic N) is 2. The van der Waals surface area contributed by atoms with Gasteiger partial charge in [0.05, 0.1) is 55.9 Å². The molecule has 0 aliphatic heterocycles. The topological polar surface area (TPSA) is 51.7 Å². The lowest BCUT2D eigenvalue weighted by Crippen LogP contribution is -2.36. The Morgan fingerprint density at radius 2 is 1.08 bits per heavy atom. The minimum Gasteiger partial charge on any atom is -0.412 e. The molecule has 0 aromatic rings. The van der Waals surface area contributed by atoms with Crippen LogP contribution in [0.15, 0.2) is 0 Å². The second kappa shape index (κ2) is 7.26. The molecule has 0 aromatic heterocycles. The number of aliphatic hydroxyl groups is 1. The summed E-state index contributed by atoms with van der Waals surface area (Å²) < 4.78 is 1.84. The van der Waals surface area contributed by atoms with Crippen molar-refractivity contribution in [3.63, 3.8) is 0 Å². The Kier molecular flexibility index (Phi) is 10.4. The predicted octanol–water partition coefficient (Wildman–Crippen LogP) is -0.817. The fraction of sp³-hybridized carbons (Fsp3) is 1.00. The first-order valence-corrected chi connectivity index (χ1v) is 4.26. The van der Waals surface area contributed by atoms with Crippen LogP contribution in [0, 0.1) is 0 Å². The standard InChI is InChI=1S/C5H14NO.C4H12N.H2O/c1-6(2,3)4-5-7;1-5(2,3)4;/h7H,4-5H2,1-3H3;1-4H3;1H2/q2*+1;. The van der Waals surface area contributed by atoms with E-state index in [0.717, 1.165) is 15.5 Å². The average Bonchev–Trinajstić information content (AvgIpc) is 1.54. The van der Waals surface area contributed by atoms with Crippen LogP contribution in [0.2, 0.25) is 0 Å². The van der Waals surface area contributed by atoms with Crippen molar-refractivity contribution in [2.24, 2.45) is 0 Å². The monoisotopic (exact) mass is 196 g/mol. The molecule has 13 heavy (non-hydrogen) atoms. The second-order valence-electron chi connectivity index (χ2n) is 5.42. The molecule has 0 heterocycles. The summed E-state index contributed by atoms with van der Waals surface area (Å²) in [7, 11) is 14.7. The molecule has 0 saturated carbocycles. The van der Waals surface area contributed by atoms with Crippen LogP contribution in [0.5, 0.6) is 0 Å². The van der Waals surface area contributed by atoms with Gasteiger partial charge in [-0.2, -0.15) is 0 Å². The van der Waals surface area contributed by atoms with E-state index >= 15 is 0 Å². The van der Waals surface area contributed by atoms with Crippen LogP contribution in [-0.4, -0.2) is 82.0 Å². The van der Waals surface area contributed by atoms with Crippen LogP contribution < -0.4 is 0 Å². The summed E-state index contributed by atoms with van der Waals surface area (Å²) in [4.78, 5) is 0.